The van der Waals surface area contributed by atoms with E-state index in [4.69, 9.17) is 4.74 Å². The predicted octanol–water partition coefficient (Wildman–Crippen LogP) is 3.29. The third-order valence-corrected chi connectivity index (χ3v) is 4.99. The van der Waals surface area contributed by atoms with Gasteiger partial charge in [-0.25, -0.2) is 9.78 Å². The van der Waals surface area contributed by atoms with Crippen LogP contribution in [0, 0.1) is 0 Å². The van der Waals surface area contributed by atoms with Gasteiger partial charge in [0.15, 0.2) is 0 Å². The van der Waals surface area contributed by atoms with Gasteiger partial charge >= 0.3 is 5.97 Å². The van der Waals surface area contributed by atoms with E-state index in [9.17, 15) is 14.7 Å². The monoisotopic (exact) mass is 360 g/mol. The molecule has 1 saturated heterocycles. The summed E-state index contributed by atoms with van der Waals surface area (Å²) >= 11 is 1.38. The van der Waals surface area contributed by atoms with Gasteiger partial charge < -0.3 is 14.7 Å². The lowest BCUT2D eigenvalue weighted by Crippen LogP contribution is -2.40. The predicted molar refractivity (Wildman–Crippen MR) is 95.0 cm³/mol. The molecule has 0 bridgehead atoms. The van der Waals surface area contributed by atoms with Gasteiger partial charge in [-0.2, -0.15) is 0 Å². The summed E-state index contributed by atoms with van der Waals surface area (Å²) in [6.45, 7) is 3.19. The summed E-state index contributed by atoms with van der Waals surface area (Å²) in [6, 6.07) is 6.85. The van der Waals surface area contributed by atoms with Crippen LogP contribution in [0.4, 0.5) is 0 Å². The number of aromatic nitrogens is 1. The lowest BCUT2D eigenvalue weighted by molar-refractivity contribution is -0.141. The normalized spacial score (nSPS) is 16.8. The van der Waals surface area contributed by atoms with E-state index < -0.39 is 12.0 Å². The van der Waals surface area contributed by atoms with Crippen molar-refractivity contribution in [2.75, 3.05) is 13.2 Å². The first-order valence-corrected chi connectivity index (χ1v) is 9.20. The van der Waals surface area contributed by atoms with Crippen LogP contribution in [0.3, 0.4) is 0 Å². The third kappa shape index (κ3) is 3.82. The number of aliphatic carboxylic acids is 1. The molecule has 0 aliphatic carbocycles. The molecule has 0 unspecified atom stereocenters. The zero-order valence-electron chi connectivity index (χ0n) is 14.0. The largest absolute Gasteiger partial charge is 0.494 e. The number of amides is 1. The summed E-state index contributed by atoms with van der Waals surface area (Å²) in [7, 11) is 0. The van der Waals surface area contributed by atoms with Gasteiger partial charge in [0, 0.05) is 17.5 Å². The zero-order chi connectivity index (χ0) is 17.8. The minimum Gasteiger partial charge on any atom is -0.494 e. The Morgan fingerprint density at radius 3 is 2.80 bits per heavy atom. The average molecular weight is 360 g/mol. The summed E-state index contributed by atoms with van der Waals surface area (Å²) in [5.74, 6) is -0.459. The van der Waals surface area contributed by atoms with Gasteiger partial charge in [-0.1, -0.05) is 6.92 Å². The highest BCUT2D eigenvalue weighted by Gasteiger charge is 2.35. The Balaban J connectivity index is 1.73. The second-order valence-electron chi connectivity index (χ2n) is 5.91. The van der Waals surface area contributed by atoms with E-state index in [1.165, 1.54) is 16.2 Å². The van der Waals surface area contributed by atoms with Gasteiger partial charge in [0.1, 0.15) is 22.5 Å². The van der Waals surface area contributed by atoms with E-state index in [1.54, 1.807) is 5.38 Å². The number of thiazole rings is 1. The summed E-state index contributed by atoms with van der Waals surface area (Å²) < 4.78 is 5.56. The smallest absolute Gasteiger partial charge is 0.326 e. The molecule has 1 atom stereocenters. The standard InChI is InChI=1S/C18H20N2O4S/c1-2-10-24-13-7-5-12(6-8-13)16-19-14(11-25-16)17(21)20-9-3-4-15(20)18(22)23/h5-8,11,15H,2-4,9-10H2,1H3,(H,22,23)/t15-/m0/s1. The number of carbonyl (C=O) groups excluding carboxylic acids is 1. The topological polar surface area (TPSA) is 79.7 Å². The maximum atomic E-state index is 12.6. The fraction of sp³-hybridized carbons (Fsp3) is 0.389. The van der Waals surface area contributed by atoms with Gasteiger partial charge in [0.25, 0.3) is 5.91 Å². The molecule has 7 heteroatoms. The van der Waals surface area contributed by atoms with Gasteiger partial charge in [-0.05, 0) is 43.5 Å². The number of hydrogen-bond donors (Lipinski definition) is 1. The van der Waals surface area contributed by atoms with Crippen molar-refractivity contribution >= 4 is 23.2 Å². The van der Waals surface area contributed by atoms with E-state index in [-0.39, 0.29) is 5.91 Å². The Morgan fingerprint density at radius 2 is 2.12 bits per heavy atom. The number of rotatable bonds is 6. The number of benzene rings is 1. The van der Waals surface area contributed by atoms with Crippen molar-refractivity contribution in [3.05, 3.63) is 35.3 Å². The van der Waals surface area contributed by atoms with Crippen LogP contribution in [0.1, 0.15) is 36.7 Å². The van der Waals surface area contributed by atoms with Crippen molar-refractivity contribution in [1.29, 1.82) is 0 Å². The minimum absolute atomic E-state index is 0.305. The molecule has 132 valence electrons. The summed E-state index contributed by atoms with van der Waals surface area (Å²) in [5, 5.41) is 11.7. The number of carboxylic acid groups (broad SMARTS) is 1. The maximum Gasteiger partial charge on any atom is 0.326 e. The number of carbonyl (C=O) groups is 2. The Labute approximate surface area is 150 Å². The molecule has 0 spiro atoms. The molecule has 1 amide bonds. The number of hydrogen-bond acceptors (Lipinski definition) is 5. The second kappa shape index (κ2) is 7.65. The number of nitrogens with zero attached hydrogens (tertiary/aromatic N) is 2. The Kier molecular flexibility index (Phi) is 5.33. The number of likely N-dealkylation sites (tertiary alicyclic amines) is 1. The fourth-order valence-corrected chi connectivity index (χ4v) is 3.63. The molecule has 0 saturated carbocycles. The molecule has 1 aliphatic rings. The van der Waals surface area contributed by atoms with Gasteiger partial charge in [-0.3, -0.25) is 4.79 Å². The van der Waals surface area contributed by atoms with Crippen LogP contribution < -0.4 is 4.74 Å². The molecular weight excluding hydrogens is 340 g/mol. The highest BCUT2D eigenvalue weighted by Crippen LogP contribution is 2.27. The number of ether oxygens (including phenoxy) is 1. The molecule has 6 nitrogen and oxygen atoms in total. The third-order valence-electron chi connectivity index (χ3n) is 4.10. The average Bonchev–Trinajstić information content (AvgIpc) is 3.29. The highest BCUT2D eigenvalue weighted by molar-refractivity contribution is 7.13. The van der Waals surface area contributed by atoms with Crippen molar-refractivity contribution in [3.8, 4) is 16.3 Å². The minimum atomic E-state index is -0.955. The fourth-order valence-electron chi connectivity index (χ4n) is 2.83. The van der Waals surface area contributed by atoms with Crippen molar-refractivity contribution in [2.45, 2.75) is 32.2 Å². The van der Waals surface area contributed by atoms with Crippen LogP contribution in [-0.4, -0.2) is 46.1 Å². The zero-order valence-corrected chi connectivity index (χ0v) is 14.8. The molecule has 2 heterocycles. The van der Waals surface area contributed by atoms with Crippen LogP contribution in [0.2, 0.25) is 0 Å². The van der Waals surface area contributed by atoms with Gasteiger partial charge in [-0.15, -0.1) is 11.3 Å². The first kappa shape index (κ1) is 17.4. The SMILES string of the molecule is CCCOc1ccc(-c2nc(C(=O)N3CCC[C@H]3C(=O)O)cs2)cc1. The van der Waals surface area contributed by atoms with Crippen LogP contribution in [0.15, 0.2) is 29.6 Å². The summed E-state index contributed by atoms with van der Waals surface area (Å²) in [4.78, 5) is 29.6. The Bertz CT molecular complexity index is 757. The maximum absolute atomic E-state index is 12.6. The van der Waals surface area contributed by atoms with E-state index >= 15 is 0 Å². The van der Waals surface area contributed by atoms with E-state index in [2.05, 4.69) is 11.9 Å². The lowest BCUT2D eigenvalue weighted by atomic mass is 10.2. The van der Waals surface area contributed by atoms with Crippen LogP contribution in [0.25, 0.3) is 10.6 Å². The molecule has 1 fully saturated rings. The quantitative estimate of drug-likeness (QED) is 0.855. The Morgan fingerprint density at radius 1 is 1.36 bits per heavy atom. The summed E-state index contributed by atoms with van der Waals surface area (Å²) in [6.07, 6.45) is 2.16. The molecule has 1 N–H and O–H groups in total. The molecule has 25 heavy (non-hydrogen) atoms. The van der Waals surface area contributed by atoms with Crippen molar-refractivity contribution in [1.82, 2.24) is 9.88 Å². The second-order valence-corrected chi connectivity index (χ2v) is 6.76. The van der Waals surface area contributed by atoms with E-state index in [0.29, 0.717) is 31.7 Å². The van der Waals surface area contributed by atoms with E-state index in [1.807, 2.05) is 24.3 Å². The van der Waals surface area contributed by atoms with Crippen LogP contribution in [0.5, 0.6) is 5.75 Å². The molecule has 2 aromatic rings. The van der Waals surface area contributed by atoms with Gasteiger partial charge in [0.05, 0.1) is 6.61 Å². The van der Waals surface area contributed by atoms with Crippen molar-refractivity contribution < 1.29 is 19.4 Å². The van der Waals surface area contributed by atoms with Crippen molar-refractivity contribution in [2.24, 2.45) is 0 Å². The van der Waals surface area contributed by atoms with Crippen LogP contribution in [-0.2, 0) is 4.79 Å². The lowest BCUT2D eigenvalue weighted by Gasteiger charge is -2.20. The van der Waals surface area contributed by atoms with Gasteiger partial charge in [0.2, 0.25) is 0 Å². The molecule has 1 aromatic heterocycles. The first-order valence-electron chi connectivity index (χ1n) is 8.32. The highest BCUT2D eigenvalue weighted by atomic mass is 32.1. The summed E-state index contributed by atoms with van der Waals surface area (Å²) in [5.41, 5.74) is 1.21. The molecule has 0 radical (unpaired) electrons. The van der Waals surface area contributed by atoms with Crippen LogP contribution >= 0.6 is 11.3 Å². The first-order chi connectivity index (χ1) is 12.1. The Hall–Kier alpha value is -2.41. The van der Waals surface area contributed by atoms with E-state index in [0.717, 1.165) is 22.7 Å². The molecule has 1 aliphatic heterocycles. The molecular formula is C18H20N2O4S. The van der Waals surface area contributed by atoms with Crippen molar-refractivity contribution in [3.63, 3.8) is 0 Å². The number of carboxylic acids is 1. The molecule has 1 aromatic carbocycles. The molecule has 3 rings (SSSR count).